The summed E-state index contributed by atoms with van der Waals surface area (Å²) in [6.07, 6.45) is -0.391. The molecular weight excluding hydrogens is 432 g/mol. The second kappa shape index (κ2) is 13.2. The maximum Gasteiger partial charge on any atom is 0.326 e. The van der Waals surface area contributed by atoms with Crippen LogP contribution in [0.15, 0.2) is 30.3 Å². The Morgan fingerprint density at radius 2 is 1.42 bits per heavy atom. The lowest BCUT2D eigenvalue weighted by Crippen LogP contribution is -2.57. The minimum atomic E-state index is -1.53. The van der Waals surface area contributed by atoms with E-state index in [9.17, 15) is 29.1 Å². The van der Waals surface area contributed by atoms with Gasteiger partial charge in [0.15, 0.2) is 0 Å². The first-order valence-corrected chi connectivity index (χ1v) is 10.6. The fraction of sp³-hybridized carbons (Fsp3) is 0.500. The Morgan fingerprint density at radius 3 is 1.94 bits per heavy atom. The summed E-state index contributed by atoms with van der Waals surface area (Å²) in [5, 5.41) is 25.3. The summed E-state index contributed by atoms with van der Waals surface area (Å²) in [5.74, 6) is -5.04. The molecule has 182 valence electrons. The summed E-state index contributed by atoms with van der Waals surface area (Å²) in [6.45, 7) is 4.90. The van der Waals surface area contributed by atoms with E-state index in [0.717, 1.165) is 5.56 Å². The number of carboxylic acid groups (broad SMARTS) is 2. The molecular formula is C22H32N4O7. The lowest BCUT2D eigenvalue weighted by atomic mass is 10.0. The van der Waals surface area contributed by atoms with Crippen LogP contribution in [0.2, 0.25) is 0 Å². The van der Waals surface area contributed by atoms with Crippen LogP contribution < -0.4 is 21.7 Å². The van der Waals surface area contributed by atoms with E-state index in [-0.39, 0.29) is 18.8 Å². The van der Waals surface area contributed by atoms with Crippen LogP contribution in [0.1, 0.15) is 39.2 Å². The standard InChI is InChI=1S/C22H32N4O7/c1-12(2)9-17(22(32)33)26-21(31)16(11-18(27)28)25-19(29)13(3)24-20(30)15(23)10-14-7-5-4-6-8-14/h4-8,12-13,15-17H,9-11,23H2,1-3H3,(H,24,30)(H,25,29)(H,26,31)(H,27,28)(H,32,33). The molecule has 1 aromatic carbocycles. The Morgan fingerprint density at radius 1 is 0.848 bits per heavy atom. The van der Waals surface area contributed by atoms with Crippen molar-refractivity contribution in [2.45, 2.75) is 64.2 Å². The van der Waals surface area contributed by atoms with Gasteiger partial charge in [-0.25, -0.2) is 4.79 Å². The number of amides is 3. The molecule has 0 spiro atoms. The normalized spacial score (nSPS) is 14.5. The second-order valence-electron chi connectivity index (χ2n) is 8.21. The predicted octanol–water partition coefficient (Wildman–Crippen LogP) is -0.364. The van der Waals surface area contributed by atoms with E-state index in [1.54, 1.807) is 26.0 Å². The van der Waals surface area contributed by atoms with Gasteiger partial charge < -0.3 is 31.9 Å². The van der Waals surface area contributed by atoms with E-state index in [4.69, 9.17) is 10.8 Å². The largest absolute Gasteiger partial charge is 0.481 e. The van der Waals surface area contributed by atoms with Gasteiger partial charge in [-0.3, -0.25) is 19.2 Å². The van der Waals surface area contributed by atoms with Crippen molar-refractivity contribution in [2.24, 2.45) is 11.7 Å². The number of aliphatic carboxylic acids is 2. The van der Waals surface area contributed by atoms with Crippen LogP contribution in [0.5, 0.6) is 0 Å². The van der Waals surface area contributed by atoms with Crippen LogP contribution in [0, 0.1) is 5.92 Å². The molecule has 1 rings (SSSR count). The quantitative estimate of drug-likeness (QED) is 0.228. The first kappa shape index (κ1) is 27.6. The number of carbonyl (C=O) groups excluding carboxylic acids is 3. The second-order valence-corrected chi connectivity index (χ2v) is 8.21. The summed E-state index contributed by atoms with van der Waals surface area (Å²) in [5.41, 5.74) is 6.73. The van der Waals surface area contributed by atoms with Gasteiger partial charge in [0, 0.05) is 0 Å². The lowest BCUT2D eigenvalue weighted by Gasteiger charge is -2.23. The number of hydrogen-bond acceptors (Lipinski definition) is 6. The summed E-state index contributed by atoms with van der Waals surface area (Å²) in [4.78, 5) is 59.9. The van der Waals surface area contributed by atoms with Gasteiger partial charge in [-0.1, -0.05) is 44.2 Å². The molecule has 33 heavy (non-hydrogen) atoms. The third-order valence-electron chi connectivity index (χ3n) is 4.72. The molecule has 0 aromatic heterocycles. The van der Waals surface area contributed by atoms with E-state index in [1.807, 2.05) is 18.2 Å². The highest BCUT2D eigenvalue weighted by atomic mass is 16.4. The molecule has 0 aliphatic heterocycles. The number of carboxylic acids is 2. The first-order valence-electron chi connectivity index (χ1n) is 10.6. The summed E-state index contributed by atoms with van der Waals surface area (Å²) in [7, 11) is 0. The molecule has 4 unspecified atom stereocenters. The van der Waals surface area contributed by atoms with E-state index in [2.05, 4.69) is 16.0 Å². The topological polar surface area (TPSA) is 188 Å². The highest BCUT2D eigenvalue weighted by molar-refractivity contribution is 5.95. The molecule has 0 heterocycles. The molecule has 7 N–H and O–H groups in total. The van der Waals surface area contributed by atoms with Crippen molar-refractivity contribution < 1.29 is 34.2 Å². The van der Waals surface area contributed by atoms with Gasteiger partial charge in [0.2, 0.25) is 17.7 Å². The van der Waals surface area contributed by atoms with Crippen LogP contribution in [-0.4, -0.2) is 64.0 Å². The Labute approximate surface area is 192 Å². The molecule has 0 aliphatic carbocycles. The highest BCUT2D eigenvalue weighted by Gasteiger charge is 2.30. The first-order chi connectivity index (χ1) is 15.4. The van der Waals surface area contributed by atoms with Gasteiger partial charge in [-0.15, -0.1) is 0 Å². The molecule has 4 atom stereocenters. The third kappa shape index (κ3) is 10.1. The van der Waals surface area contributed by atoms with Gasteiger partial charge in [-0.05, 0) is 31.2 Å². The van der Waals surface area contributed by atoms with Crippen LogP contribution >= 0.6 is 0 Å². The smallest absolute Gasteiger partial charge is 0.326 e. The molecule has 0 fully saturated rings. The number of hydrogen-bond donors (Lipinski definition) is 6. The monoisotopic (exact) mass is 464 g/mol. The maximum atomic E-state index is 12.5. The number of rotatable bonds is 13. The zero-order chi connectivity index (χ0) is 25.1. The van der Waals surface area contributed by atoms with Crippen molar-refractivity contribution in [1.82, 2.24) is 16.0 Å². The average molecular weight is 465 g/mol. The van der Waals surface area contributed by atoms with E-state index in [0.29, 0.717) is 0 Å². The van der Waals surface area contributed by atoms with Crippen molar-refractivity contribution in [3.63, 3.8) is 0 Å². The molecule has 0 bridgehead atoms. The number of benzene rings is 1. The summed E-state index contributed by atoms with van der Waals surface area (Å²) < 4.78 is 0. The van der Waals surface area contributed by atoms with Crippen molar-refractivity contribution in [3.05, 3.63) is 35.9 Å². The van der Waals surface area contributed by atoms with Crippen LogP contribution in [-0.2, 0) is 30.4 Å². The van der Waals surface area contributed by atoms with Gasteiger partial charge >= 0.3 is 11.9 Å². The molecule has 11 heteroatoms. The molecule has 0 radical (unpaired) electrons. The van der Waals surface area contributed by atoms with Crippen LogP contribution in [0.25, 0.3) is 0 Å². The fourth-order valence-corrected chi connectivity index (χ4v) is 2.99. The van der Waals surface area contributed by atoms with Crippen molar-refractivity contribution in [3.8, 4) is 0 Å². The zero-order valence-corrected chi connectivity index (χ0v) is 18.9. The van der Waals surface area contributed by atoms with E-state index >= 15 is 0 Å². The molecule has 0 saturated carbocycles. The number of nitrogens with one attached hydrogen (secondary N) is 3. The zero-order valence-electron chi connectivity index (χ0n) is 18.9. The van der Waals surface area contributed by atoms with Crippen molar-refractivity contribution >= 4 is 29.7 Å². The number of nitrogens with two attached hydrogens (primary N) is 1. The minimum absolute atomic E-state index is 0.0470. The Balaban J connectivity index is 2.75. The SMILES string of the molecule is CC(C)CC(NC(=O)C(CC(=O)O)NC(=O)C(C)NC(=O)C(N)Cc1ccccc1)C(=O)O. The van der Waals surface area contributed by atoms with Crippen molar-refractivity contribution in [1.29, 1.82) is 0 Å². The average Bonchev–Trinajstić information content (AvgIpc) is 2.72. The van der Waals surface area contributed by atoms with Crippen LogP contribution in [0.4, 0.5) is 0 Å². The maximum absolute atomic E-state index is 12.5. The van der Waals surface area contributed by atoms with Gasteiger partial charge in [-0.2, -0.15) is 0 Å². The van der Waals surface area contributed by atoms with E-state index in [1.165, 1.54) is 6.92 Å². The molecule has 3 amide bonds. The molecule has 0 saturated heterocycles. The summed E-state index contributed by atoms with van der Waals surface area (Å²) in [6, 6.07) is 4.25. The third-order valence-corrected chi connectivity index (χ3v) is 4.72. The molecule has 11 nitrogen and oxygen atoms in total. The predicted molar refractivity (Wildman–Crippen MR) is 119 cm³/mol. The Hall–Kier alpha value is -3.47. The van der Waals surface area contributed by atoms with E-state index < -0.39 is 60.2 Å². The lowest BCUT2D eigenvalue weighted by molar-refractivity contribution is -0.144. The highest BCUT2D eigenvalue weighted by Crippen LogP contribution is 2.06. The summed E-state index contributed by atoms with van der Waals surface area (Å²) >= 11 is 0. The fourth-order valence-electron chi connectivity index (χ4n) is 2.99. The Kier molecular flexibility index (Phi) is 11.0. The minimum Gasteiger partial charge on any atom is -0.481 e. The van der Waals surface area contributed by atoms with Crippen molar-refractivity contribution in [2.75, 3.05) is 0 Å². The number of carbonyl (C=O) groups is 5. The van der Waals surface area contributed by atoms with Gasteiger partial charge in [0.25, 0.3) is 0 Å². The van der Waals surface area contributed by atoms with Gasteiger partial charge in [0.1, 0.15) is 18.1 Å². The Bertz CT molecular complexity index is 844. The van der Waals surface area contributed by atoms with Gasteiger partial charge in [0.05, 0.1) is 12.5 Å². The van der Waals surface area contributed by atoms with Crippen LogP contribution in [0.3, 0.4) is 0 Å². The molecule has 1 aromatic rings. The molecule has 0 aliphatic rings.